The summed E-state index contributed by atoms with van der Waals surface area (Å²) < 4.78 is 24.2. The van der Waals surface area contributed by atoms with Crippen LogP contribution < -0.4 is 31.6 Å². The number of rotatable bonds is 33. The average Bonchev–Trinajstić information content (AvgIpc) is 1.47. The first-order valence-electron chi connectivity index (χ1n) is 40.3. The van der Waals surface area contributed by atoms with Gasteiger partial charge in [0.25, 0.3) is 5.56 Å². The van der Waals surface area contributed by atoms with E-state index in [0.29, 0.717) is 123 Å². The van der Waals surface area contributed by atoms with Crippen molar-refractivity contribution in [1.29, 1.82) is 0 Å². The van der Waals surface area contributed by atoms with Gasteiger partial charge in [-0.25, -0.2) is 19.3 Å². The minimum atomic E-state index is -2.42. The Morgan fingerprint density at radius 1 is 0.836 bits per heavy atom. The molecule has 0 radical (unpaired) electrons. The number of aliphatic carboxylic acids is 1. The molecule has 7 aromatic rings. The number of aliphatic hydroxyl groups is 6. The topological polar surface area (TPSA) is 433 Å². The van der Waals surface area contributed by atoms with E-state index >= 15 is 4.79 Å². The van der Waals surface area contributed by atoms with Crippen LogP contribution in [0.2, 0.25) is 0 Å². The summed E-state index contributed by atoms with van der Waals surface area (Å²) in [6, 6.07) is 23.2. The van der Waals surface area contributed by atoms with Crippen molar-refractivity contribution in [2.24, 2.45) is 11.3 Å². The number of aliphatic hydroxyl groups excluding tert-OH is 4. The van der Waals surface area contributed by atoms with Crippen molar-refractivity contribution in [3.63, 3.8) is 0 Å². The quantitative estimate of drug-likeness (QED) is 0.0106. The van der Waals surface area contributed by atoms with Gasteiger partial charge < -0.3 is 80.9 Å². The van der Waals surface area contributed by atoms with Crippen LogP contribution in [0.1, 0.15) is 141 Å². The number of H-pyrrole nitrogens is 2. The number of alkyl carbamates (subject to hydrolysis) is 1. The number of likely N-dealkylation sites (N-methyl/N-ethyl adjacent to an activating group) is 1. The van der Waals surface area contributed by atoms with E-state index in [2.05, 4.69) is 95.9 Å². The molecule has 4 unspecified atom stereocenters. The largest absolute Gasteiger partial charge is 0.496 e. The number of methoxy groups -OCH3 is 1. The molecule has 13 N–H and O–H groups in total. The Hall–Kier alpha value is -8.64. The number of unbranched alkanes of at least 4 members (excludes halogenated alkanes) is 1. The van der Waals surface area contributed by atoms with E-state index in [0.717, 1.165) is 64.0 Å². The number of fused-ring (bicyclic) bond motifs is 7. The summed E-state index contributed by atoms with van der Waals surface area (Å²) in [4.78, 5) is 112. The summed E-state index contributed by atoms with van der Waals surface area (Å²) in [7, 11) is 6.40. The minimum absolute atomic E-state index is 0.00237. The SMILES string of the molecule is CC[C@]1(O)C[C@H]2CN(CCc3c([nH]c4ccccc34)[C@@](C)(c3cc4c(cc3OC)N(C)[C@H]3[C@@](O)(C(=O)CNC(=O)OCCSSCCCC(=O)[C@H](Cc5cn(CCOC6OC(C(=O)O)C(O)[C@H](O)[C@@H]6O)nn5)NC(=O)CCCCC(=O)c5ccc(CCc6ccc7nc(N)[nH]c(=O)c7c6)cc5)[C@H](O)[C@]5(CC)C=CCN6CC[C@]43[C@@H]65)C2)C1. The highest BCUT2D eigenvalue weighted by atomic mass is 33.1. The zero-order valence-electron chi connectivity index (χ0n) is 66.0. The molecule has 32 heteroatoms. The number of carboxylic acids is 1. The fourth-order valence-electron chi connectivity index (χ4n) is 20.0. The normalized spacial score (nSPS) is 28.8. The maximum atomic E-state index is 15.4. The van der Waals surface area contributed by atoms with E-state index in [-0.39, 0.29) is 80.5 Å². The van der Waals surface area contributed by atoms with Crippen LogP contribution in [0, 0.1) is 11.3 Å². The van der Waals surface area contributed by atoms with Crippen LogP contribution in [0.4, 0.5) is 16.4 Å². The first-order chi connectivity index (χ1) is 55.6. The van der Waals surface area contributed by atoms with Gasteiger partial charge in [-0.1, -0.05) is 101 Å². The lowest BCUT2D eigenvalue weighted by Crippen LogP contribution is -2.81. The van der Waals surface area contributed by atoms with Crippen LogP contribution in [-0.4, -0.2) is 255 Å². The van der Waals surface area contributed by atoms with Crippen molar-refractivity contribution in [2.75, 3.05) is 88.8 Å². The summed E-state index contributed by atoms with van der Waals surface area (Å²) in [6.45, 7) is 8.98. The Balaban J connectivity index is 0.585. The number of anilines is 2. The van der Waals surface area contributed by atoms with Gasteiger partial charge in [0.2, 0.25) is 11.9 Å². The third-order valence-electron chi connectivity index (χ3n) is 25.6. The standard InChI is InChI=1S/C84H106N12O18S2/c1-6-81(109)43-50-42-80(3,71-54(27-31-94(45-50)47-81)53-14-8-9-15-58(53)88-71)57-40-56-61(41-64(57)111-5)93(4)76-83(56)29-32-95-30-13-28-82(7-2,75(83)95)77(107)84(76,110)65(99)44-86-79(108)113-35-37-116-115-36-12-17-63(98)60(39-52-46-96(92-91-52)33-34-112-74-69(103)67(101)68(102)70(114-74)73(105)106)87-66(100)18-11-10-16-62(97)51-24-21-48(22-25-51)19-20-49-23-26-59-55(38-49)72(104)90-78(85)89-59/h8-9,13-15,21-26,28,38,40-41,46,50,60,67-70,74-77,88,101-103,107,109-110H,6-7,10-12,16-20,27,29-37,39,42-45,47H2,1-5H3,(H,86,108)(H,87,100)(H,105,106)(H3,85,89,90,104)/t50-,60-,67-,68?,69-,70?,74?,75-,76+,77+,80+,81-,82+,83+,84-/m0/s1. The molecule has 622 valence electrons. The second-order valence-corrected chi connectivity index (χ2v) is 35.4. The number of hydrogen-bond acceptors (Lipinski definition) is 26. The maximum Gasteiger partial charge on any atom is 0.407 e. The highest BCUT2D eigenvalue weighted by Crippen LogP contribution is 2.68. The zero-order valence-corrected chi connectivity index (χ0v) is 67.7. The number of carbonyl (C=O) groups is 6. The first kappa shape index (κ1) is 83.8. The molecule has 116 heavy (non-hydrogen) atoms. The Morgan fingerprint density at radius 3 is 2.38 bits per heavy atom. The number of ether oxygens (including phenoxy) is 4. The Labute approximate surface area is 679 Å². The third kappa shape index (κ3) is 16.3. The van der Waals surface area contributed by atoms with Gasteiger partial charge in [0.15, 0.2) is 35.3 Å². The van der Waals surface area contributed by atoms with Crippen molar-refractivity contribution >= 4 is 90.3 Å². The molecule has 9 heterocycles. The molecule has 2 bridgehead atoms. The number of carboxylic acid groups (broad SMARTS) is 1. The number of amides is 2. The molecule has 3 aromatic heterocycles. The molecule has 30 nitrogen and oxygen atoms in total. The van der Waals surface area contributed by atoms with Crippen molar-refractivity contribution in [3.8, 4) is 5.75 Å². The van der Waals surface area contributed by atoms with Gasteiger partial charge in [-0.15, -0.1) is 5.10 Å². The van der Waals surface area contributed by atoms with Crippen LogP contribution in [0.5, 0.6) is 5.75 Å². The monoisotopic (exact) mass is 1630 g/mol. The molecule has 1 saturated carbocycles. The molecule has 7 aliphatic rings. The van der Waals surface area contributed by atoms with Gasteiger partial charge in [0.1, 0.15) is 36.8 Å². The highest BCUT2D eigenvalue weighted by Gasteiger charge is 2.78. The molecule has 14 rings (SSSR count). The number of para-hydroxylation sites is 1. The molecule has 2 amide bonds. The average molecular weight is 1640 g/mol. The fraction of sp³-hybridized carbons (Fsp3) is 0.548. The predicted octanol–water partition coefficient (Wildman–Crippen LogP) is 5.40. The maximum absolute atomic E-state index is 15.4. The molecule has 6 aliphatic heterocycles. The number of benzene rings is 4. The number of nitrogens with one attached hydrogen (secondary N) is 4. The van der Waals surface area contributed by atoms with Crippen LogP contribution in [0.3, 0.4) is 0 Å². The van der Waals surface area contributed by atoms with Crippen LogP contribution in [0.25, 0.3) is 21.8 Å². The van der Waals surface area contributed by atoms with E-state index in [1.54, 1.807) is 31.4 Å². The van der Waals surface area contributed by atoms with Gasteiger partial charge in [0.05, 0.1) is 61.1 Å². The Bertz CT molecular complexity index is 4910. The number of aryl methyl sites for hydroxylation is 2. The van der Waals surface area contributed by atoms with Crippen LogP contribution in [0.15, 0.2) is 102 Å². The minimum Gasteiger partial charge on any atom is -0.496 e. The van der Waals surface area contributed by atoms with E-state index in [1.165, 1.54) is 38.0 Å². The number of nitrogen functional groups attached to an aromatic ring is 1. The van der Waals surface area contributed by atoms with Crippen LogP contribution in [-0.2, 0) is 76.4 Å². The van der Waals surface area contributed by atoms with E-state index < -0.39 is 107 Å². The number of Topliss-reactive ketones (excluding diaryl/α,β-unsaturated/α-hetero) is 3. The van der Waals surface area contributed by atoms with E-state index in [1.807, 2.05) is 49.2 Å². The molecular formula is C84H106N12O18S2. The third-order valence-corrected chi connectivity index (χ3v) is 28.1. The van der Waals surface area contributed by atoms with Gasteiger partial charge >= 0.3 is 12.1 Å². The highest BCUT2D eigenvalue weighted by molar-refractivity contribution is 8.76. The zero-order chi connectivity index (χ0) is 82.2. The van der Waals surface area contributed by atoms with Crippen molar-refractivity contribution in [2.45, 2.75) is 201 Å². The molecule has 3 saturated heterocycles. The lowest BCUT2D eigenvalue weighted by Gasteiger charge is -2.63. The van der Waals surface area contributed by atoms with Crippen LogP contribution >= 0.6 is 21.6 Å². The van der Waals surface area contributed by atoms with Crippen molar-refractivity contribution < 1.29 is 83.5 Å². The number of piperidine rings is 1. The summed E-state index contributed by atoms with van der Waals surface area (Å²) in [6.07, 6.45) is 0.562. The van der Waals surface area contributed by atoms with Gasteiger partial charge in [-0.3, -0.25) is 38.8 Å². The van der Waals surface area contributed by atoms with Crippen molar-refractivity contribution in [1.82, 2.24) is 50.4 Å². The second kappa shape index (κ2) is 34.7. The lowest BCUT2D eigenvalue weighted by molar-refractivity contribution is -0.294. The first-order valence-corrected chi connectivity index (χ1v) is 42.8. The van der Waals surface area contributed by atoms with Gasteiger partial charge in [-0.2, -0.15) is 0 Å². The molecular weight excluding hydrogens is 1530 g/mol. The molecule has 1 spiro atoms. The second-order valence-electron chi connectivity index (χ2n) is 32.7. The van der Waals surface area contributed by atoms with Gasteiger partial charge in [0, 0.05) is 138 Å². The summed E-state index contributed by atoms with van der Waals surface area (Å²) >= 11 is 0. The lowest BCUT2D eigenvalue weighted by atomic mass is 9.47. The predicted molar refractivity (Wildman–Crippen MR) is 435 cm³/mol. The number of hydrogen-bond donors (Lipinski definition) is 12. The number of aromatic amines is 2. The molecule has 16 atom stereocenters. The van der Waals surface area contributed by atoms with E-state index in [4.69, 9.17) is 24.7 Å². The molecule has 1 aliphatic carbocycles. The molecule has 4 aromatic carbocycles. The fourth-order valence-corrected chi connectivity index (χ4v) is 21.9. The molecule has 4 fully saturated rings. The van der Waals surface area contributed by atoms with Gasteiger partial charge in [-0.05, 0) is 137 Å². The summed E-state index contributed by atoms with van der Waals surface area (Å²) in [5.41, 5.74) is 8.84. The number of carbonyl (C=O) groups excluding carboxylic acids is 5. The smallest absolute Gasteiger partial charge is 0.407 e. The van der Waals surface area contributed by atoms with E-state index in [9.17, 15) is 64.5 Å². The Morgan fingerprint density at radius 2 is 1.60 bits per heavy atom. The number of nitrogens with two attached hydrogens (primary N) is 1. The van der Waals surface area contributed by atoms with Crippen molar-refractivity contribution in [3.05, 3.63) is 152 Å². The number of nitrogens with zero attached hydrogens (tertiary/aromatic N) is 7. The Kier molecular flexibility index (Phi) is 25.1. The number of ketones is 3. The summed E-state index contributed by atoms with van der Waals surface area (Å²) in [5.74, 6) is -1.46. The summed E-state index contributed by atoms with van der Waals surface area (Å²) in [5, 5.41) is 94.6. The number of aromatic nitrogens is 6.